The second-order valence-electron chi connectivity index (χ2n) is 7.85. The van der Waals surface area contributed by atoms with E-state index in [1.165, 1.54) is 12.1 Å². The fourth-order valence-electron chi connectivity index (χ4n) is 3.75. The number of H-pyrrole nitrogens is 1. The molecule has 1 aliphatic rings. The fourth-order valence-corrected chi connectivity index (χ4v) is 3.75. The Balaban J connectivity index is 1.42. The summed E-state index contributed by atoms with van der Waals surface area (Å²) < 4.78 is 13.2. The molecular weight excluding hydrogens is 381 g/mol. The number of aromatic nitrogens is 2. The number of hydrogen-bond acceptors (Lipinski definition) is 4. The van der Waals surface area contributed by atoms with Gasteiger partial charge in [0.25, 0.3) is 5.91 Å². The topological polar surface area (TPSA) is 64.3 Å². The van der Waals surface area contributed by atoms with Crippen molar-refractivity contribution in [1.82, 2.24) is 15.5 Å². The summed E-state index contributed by atoms with van der Waals surface area (Å²) in [6.45, 7) is 1.59. The van der Waals surface area contributed by atoms with Gasteiger partial charge in [0.2, 0.25) is 0 Å². The third-order valence-corrected chi connectivity index (χ3v) is 5.42. The molecule has 0 aliphatic carbocycles. The SMILES string of the molecule is CN(C)c1cccc(C(=O)N[C@@H]2CCCN(c3cc(-c4ccc(F)cc4)[nH]n3)C2)c1. The number of anilines is 2. The minimum absolute atomic E-state index is 0.0558. The summed E-state index contributed by atoms with van der Waals surface area (Å²) in [5, 5.41) is 10.6. The number of amides is 1. The van der Waals surface area contributed by atoms with Crippen molar-refractivity contribution in [2.45, 2.75) is 18.9 Å². The van der Waals surface area contributed by atoms with E-state index in [0.717, 1.165) is 42.1 Å². The summed E-state index contributed by atoms with van der Waals surface area (Å²) in [7, 11) is 3.92. The van der Waals surface area contributed by atoms with E-state index < -0.39 is 0 Å². The lowest BCUT2D eigenvalue weighted by Crippen LogP contribution is -2.48. The normalized spacial score (nSPS) is 16.4. The minimum Gasteiger partial charge on any atom is -0.378 e. The molecule has 2 N–H and O–H groups in total. The zero-order chi connectivity index (χ0) is 21.1. The molecule has 0 saturated carbocycles. The first kappa shape index (κ1) is 19.9. The van der Waals surface area contributed by atoms with Gasteiger partial charge in [-0.05, 0) is 60.9 Å². The lowest BCUT2D eigenvalue weighted by Gasteiger charge is -2.33. The molecule has 156 valence electrons. The number of nitrogens with one attached hydrogen (secondary N) is 2. The third kappa shape index (κ3) is 4.45. The second kappa shape index (κ2) is 8.57. The van der Waals surface area contributed by atoms with Crippen LogP contribution in [0, 0.1) is 5.82 Å². The molecule has 2 aromatic carbocycles. The van der Waals surface area contributed by atoms with Gasteiger partial charge in [-0.3, -0.25) is 9.89 Å². The summed E-state index contributed by atoms with van der Waals surface area (Å²) in [6.07, 6.45) is 1.91. The molecule has 0 radical (unpaired) electrons. The fraction of sp³-hybridized carbons (Fsp3) is 0.304. The van der Waals surface area contributed by atoms with E-state index in [4.69, 9.17) is 0 Å². The van der Waals surface area contributed by atoms with E-state index in [-0.39, 0.29) is 17.8 Å². The summed E-state index contributed by atoms with van der Waals surface area (Å²) in [5.74, 6) is 0.520. The molecule has 7 heteroatoms. The van der Waals surface area contributed by atoms with Crippen LogP contribution < -0.4 is 15.1 Å². The van der Waals surface area contributed by atoms with Crippen molar-refractivity contribution < 1.29 is 9.18 Å². The van der Waals surface area contributed by atoms with Crippen molar-refractivity contribution in [2.75, 3.05) is 37.0 Å². The summed E-state index contributed by atoms with van der Waals surface area (Å²) in [5.41, 5.74) is 3.39. The molecule has 0 spiro atoms. The third-order valence-electron chi connectivity index (χ3n) is 5.42. The first-order chi connectivity index (χ1) is 14.5. The Bertz CT molecular complexity index is 1010. The minimum atomic E-state index is -0.260. The maximum Gasteiger partial charge on any atom is 0.251 e. The predicted molar refractivity (Wildman–Crippen MR) is 117 cm³/mol. The maximum absolute atomic E-state index is 13.2. The van der Waals surface area contributed by atoms with Crippen LogP contribution in [0.5, 0.6) is 0 Å². The van der Waals surface area contributed by atoms with Crippen LogP contribution in [-0.4, -0.2) is 49.3 Å². The van der Waals surface area contributed by atoms with Crippen LogP contribution in [0.3, 0.4) is 0 Å². The summed E-state index contributed by atoms with van der Waals surface area (Å²) >= 11 is 0. The molecule has 0 bridgehead atoms. The number of benzene rings is 2. The highest BCUT2D eigenvalue weighted by atomic mass is 19.1. The highest BCUT2D eigenvalue weighted by molar-refractivity contribution is 5.95. The molecule has 0 unspecified atom stereocenters. The molecule has 1 fully saturated rings. The smallest absolute Gasteiger partial charge is 0.251 e. The Morgan fingerprint density at radius 3 is 2.77 bits per heavy atom. The van der Waals surface area contributed by atoms with Crippen LogP contribution >= 0.6 is 0 Å². The lowest BCUT2D eigenvalue weighted by molar-refractivity contribution is 0.0933. The van der Waals surface area contributed by atoms with Crippen LogP contribution in [0.25, 0.3) is 11.3 Å². The number of rotatable bonds is 5. The summed E-state index contributed by atoms with van der Waals surface area (Å²) in [4.78, 5) is 16.9. The molecule has 1 aliphatic heterocycles. The van der Waals surface area contributed by atoms with E-state index >= 15 is 0 Å². The van der Waals surface area contributed by atoms with Crippen LogP contribution in [0.4, 0.5) is 15.9 Å². The molecule has 1 amide bonds. The number of nitrogens with zero attached hydrogens (tertiary/aromatic N) is 3. The van der Waals surface area contributed by atoms with E-state index in [1.807, 2.05) is 49.3 Å². The van der Waals surface area contributed by atoms with Gasteiger partial charge in [0.1, 0.15) is 5.82 Å². The van der Waals surface area contributed by atoms with Crippen molar-refractivity contribution in [3.8, 4) is 11.3 Å². The quantitative estimate of drug-likeness (QED) is 0.677. The van der Waals surface area contributed by atoms with Crippen molar-refractivity contribution in [3.63, 3.8) is 0 Å². The van der Waals surface area contributed by atoms with Gasteiger partial charge in [0.15, 0.2) is 5.82 Å². The Hall–Kier alpha value is -3.35. The molecule has 6 nitrogen and oxygen atoms in total. The van der Waals surface area contributed by atoms with E-state index in [9.17, 15) is 9.18 Å². The molecule has 2 heterocycles. The highest BCUT2D eigenvalue weighted by Crippen LogP contribution is 2.24. The van der Waals surface area contributed by atoms with Gasteiger partial charge in [0, 0.05) is 50.5 Å². The van der Waals surface area contributed by atoms with Gasteiger partial charge in [-0.15, -0.1) is 0 Å². The van der Waals surface area contributed by atoms with Crippen LogP contribution in [0.2, 0.25) is 0 Å². The monoisotopic (exact) mass is 407 g/mol. The number of carbonyl (C=O) groups excluding carboxylic acids is 1. The van der Waals surface area contributed by atoms with Crippen molar-refractivity contribution in [2.24, 2.45) is 0 Å². The van der Waals surface area contributed by atoms with E-state index in [2.05, 4.69) is 20.4 Å². The molecule has 30 heavy (non-hydrogen) atoms. The van der Waals surface area contributed by atoms with Gasteiger partial charge in [-0.1, -0.05) is 6.07 Å². The van der Waals surface area contributed by atoms with E-state index in [0.29, 0.717) is 12.1 Å². The first-order valence-electron chi connectivity index (χ1n) is 10.1. The summed E-state index contributed by atoms with van der Waals surface area (Å²) in [6, 6.07) is 16.0. The molecule has 1 saturated heterocycles. The zero-order valence-electron chi connectivity index (χ0n) is 17.2. The second-order valence-corrected chi connectivity index (χ2v) is 7.85. The Morgan fingerprint density at radius 1 is 1.20 bits per heavy atom. The highest BCUT2D eigenvalue weighted by Gasteiger charge is 2.24. The number of carbonyl (C=O) groups is 1. The van der Waals surface area contributed by atoms with Crippen molar-refractivity contribution in [1.29, 1.82) is 0 Å². The number of aromatic amines is 1. The average Bonchev–Trinajstić information content (AvgIpc) is 3.25. The zero-order valence-corrected chi connectivity index (χ0v) is 17.2. The molecule has 1 aromatic heterocycles. The largest absolute Gasteiger partial charge is 0.378 e. The lowest BCUT2D eigenvalue weighted by atomic mass is 10.0. The molecular formula is C23H26FN5O. The van der Waals surface area contributed by atoms with Gasteiger partial charge < -0.3 is 15.1 Å². The van der Waals surface area contributed by atoms with Crippen molar-refractivity contribution in [3.05, 3.63) is 66.0 Å². The number of hydrogen-bond donors (Lipinski definition) is 2. The number of halogens is 1. The molecule has 1 atom stereocenters. The van der Waals surface area contributed by atoms with Gasteiger partial charge in [-0.25, -0.2) is 4.39 Å². The first-order valence-corrected chi connectivity index (χ1v) is 10.1. The molecule has 4 rings (SSSR count). The van der Waals surface area contributed by atoms with Crippen LogP contribution in [-0.2, 0) is 0 Å². The molecule has 3 aromatic rings. The van der Waals surface area contributed by atoms with E-state index in [1.54, 1.807) is 12.1 Å². The predicted octanol–water partition coefficient (Wildman–Crippen LogP) is 3.68. The Labute approximate surface area is 175 Å². The van der Waals surface area contributed by atoms with Gasteiger partial charge in [0.05, 0.1) is 5.69 Å². The van der Waals surface area contributed by atoms with Crippen LogP contribution in [0.15, 0.2) is 54.6 Å². The van der Waals surface area contributed by atoms with Crippen LogP contribution in [0.1, 0.15) is 23.2 Å². The van der Waals surface area contributed by atoms with Crippen molar-refractivity contribution >= 4 is 17.4 Å². The Kier molecular flexibility index (Phi) is 5.70. The standard InChI is InChI=1S/C23H26FN5O/c1-28(2)20-7-3-5-17(13-20)23(30)25-19-6-4-12-29(15-19)22-14-21(26-27-22)16-8-10-18(24)11-9-16/h3,5,7-11,13-14,19H,4,6,12,15H2,1-2H3,(H,25,30)(H,26,27)/t19-/m1/s1. The maximum atomic E-state index is 13.2. The number of piperidine rings is 1. The van der Waals surface area contributed by atoms with Gasteiger partial charge >= 0.3 is 0 Å². The Morgan fingerprint density at radius 2 is 2.00 bits per heavy atom. The van der Waals surface area contributed by atoms with Gasteiger partial charge in [-0.2, -0.15) is 5.10 Å². The average molecular weight is 407 g/mol.